The summed E-state index contributed by atoms with van der Waals surface area (Å²) in [7, 11) is 0. The van der Waals surface area contributed by atoms with E-state index < -0.39 is 0 Å². The van der Waals surface area contributed by atoms with Crippen LogP contribution in [0.5, 0.6) is 5.75 Å². The Morgan fingerprint density at radius 3 is 2.85 bits per heavy atom. The van der Waals surface area contributed by atoms with Gasteiger partial charge in [-0.25, -0.2) is 4.98 Å². The Hall–Kier alpha value is -2.40. The number of fused-ring (bicyclic) bond motifs is 1. The number of phenolic OH excluding ortho intramolecular Hbond substituents is 1. The van der Waals surface area contributed by atoms with E-state index >= 15 is 0 Å². The van der Waals surface area contributed by atoms with Crippen LogP contribution in [-0.4, -0.2) is 16.0 Å². The second-order valence-electron chi connectivity index (χ2n) is 4.46. The van der Waals surface area contributed by atoms with Crippen molar-refractivity contribution in [3.8, 4) is 5.75 Å². The predicted molar refractivity (Wildman–Crippen MR) is 80.4 cm³/mol. The molecule has 20 heavy (non-hydrogen) atoms. The molecular formula is C15H12N2O2S. The van der Waals surface area contributed by atoms with Gasteiger partial charge in [0, 0.05) is 0 Å². The van der Waals surface area contributed by atoms with Gasteiger partial charge in [-0.15, -0.1) is 0 Å². The molecule has 1 aromatic heterocycles. The third-order valence-corrected chi connectivity index (χ3v) is 3.86. The molecule has 1 amide bonds. The van der Waals surface area contributed by atoms with E-state index in [1.54, 1.807) is 12.1 Å². The number of hydrogen-bond donors (Lipinski definition) is 2. The summed E-state index contributed by atoms with van der Waals surface area (Å²) in [5.41, 5.74) is 2.02. The topological polar surface area (TPSA) is 62.2 Å². The lowest BCUT2D eigenvalue weighted by molar-refractivity contribution is 0.102. The largest absolute Gasteiger partial charge is 0.507 e. The van der Waals surface area contributed by atoms with Gasteiger partial charge in [-0.1, -0.05) is 35.1 Å². The number of carbonyl (C=O) groups excluding carboxylic acids is 1. The molecule has 0 saturated carbocycles. The molecule has 3 rings (SSSR count). The molecule has 0 bridgehead atoms. The van der Waals surface area contributed by atoms with Crippen molar-refractivity contribution in [2.24, 2.45) is 0 Å². The quantitative estimate of drug-likeness (QED) is 0.756. The van der Waals surface area contributed by atoms with E-state index in [0.717, 1.165) is 15.8 Å². The van der Waals surface area contributed by atoms with Crippen molar-refractivity contribution >= 4 is 32.6 Å². The fraction of sp³-hybridized carbons (Fsp3) is 0.0667. The van der Waals surface area contributed by atoms with E-state index in [1.807, 2.05) is 31.2 Å². The third-order valence-electron chi connectivity index (χ3n) is 2.91. The van der Waals surface area contributed by atoms with Gasteiger partial charge in [0.05, 0.1) is 15.8 Å². The van der Waals surface area contributed by atoms with Crippen LogP contribution < -0.4 is 5.32 Å². The minimum Gasteiger partial charge on any atom is -0.507 e. The summed E-state index contributed by atoms with van der Waals surface area (Å²) in [6.45, 7) is 1.87. The molecule has 2 N–H and O–H groups in total. The fourth-order valence-corrected chi connectivity index (χ4v) is 2.78. The summed E-state index contributed by atoms with van der Waals surface area (Å²) in [5.74, 6) is -0.389. The zero-order valence-electron chi connectivity index (χ0n) is 10.8. The Morgan fingerprint density at radius 2 is 2.05 bits per heavy atom. The minimum absolute atomic E-state index is 0.0331. The molecule has 0 unspecified atom stereocenters. The number of rotatable bonds is 2. The number of amides is 1. The number of aromatic hydroxyl groups is 1. The van der Waals surface area contributed by atoms with Crippen molar-refractivity contribution in [2.45, 2.75) is 6.92 Å². The van der Waals surface area contributed by atoms with Crippen LogP contribution in [0.15, 0.2) is 42.5 Å². The number of aryl methyl sites for hydroxylation is 1. The summed E-state index contributed by atoms with van der Waals surface area (Å²) >= 11 is 1.41. The highest BCUT2D eigenvalue weighted by molar-refractivity contribution is 7.22. The van der Waals surface area contributed by atoms with E-state index in [9.17, 15) is 9.90 Å². The molecule has 0 spiro atoms. The van der Waals surface area contributed by atoms with Gasteiger partial charge in [0.2, 0.25) is 0 Å². The van der Waals surface area contributed by atoms with Gasteiger partial charge < -0.3 is 5.11 Å². The lowest BCUT2D eigenvalue weighted by Gasteiger charge is -2.05. The van der Waals surface area contributed by atoms with Gasteiger partial charge in [-0.3, -0.25) is 10.1 Å². The fourth-order valence-electron chi connectivity index (χ4n) is 1.92. The molecule has 100 valence electrons. The average Bonchev–Trinajstić information content (AvgIpc) is 2.83. The number of anilines is 1. The smallest absolute Gasteiger partial charge is 0.261 e. The number of aromatic nitrogens is 1. The molecule has 3 aromatic rings. The number of hydrogen-bond acceptors (Lipinski definition) is 4. The van der Waals surface area contributed by atoms with Crippen LogP contribution in [0.4, 0.5) is 5.13 Å². The summed E-state index contributed by atoms with van der Waals surface area (Å²) in [6, 6.07) is 12.6. The first-order valence-electron chi connectivity index (χ1n) is 6.10. The highest BCUT2D eigenvalue weighted by Crippen LogP contribution is 2.27. The maximum atomic E-state index is 12.2. The molecule has 0 aliphatic carbocycles. The minimum atomic E-state index is -0.356. The van der Waals surface area contributed by atoms with Crippen molar-refractivity contribution in [3.63, 3.8) is 0 Å². The van der Waals surface area contributed by atoms with Crippen LogP contribution in [0.1, 0.15) is 15.9 Å². The number of thiazole rings is 1. The summed E-state index contributed by atoms with van der Waals surface area (Å²) in [6.07, 6.45) is 0. The van der Waals surface area contributed by atoms with E-state index in [4.69, 9.17) is 0 Å². The SMILES string of the molecule is Cc1ccc(O)c(C(=O)Nc2nc3ccccc3s2)c1. The van der Waals surface area contributed by atoms with Gasteiger partial charge in [-0.05, 0) is 31.2 Å². The Bertz CT molecular complexity index is 762. The number of nitrogens with zero attached hydrogens (tertiary/aromatic N) is 1. The number of phenols is 1. The van der Waals surface area contributed by atoms with E-state index in [-0.39, 0.29) is 17.2 Å². The van der Waals surface area contributed by atoms with Crippen molar-refractivity contribution < 1.29 is 9.90 Å². The van der Waals surface area contributed by atoms with E-state index in [1.165, 1.54) is 17.4 Å². The highest BCUT2D eigenvalue weighted by atomic mass is 32.1. The second-order valence-corrected chi connectivity index (χ2v) is 5.49. The molecule has 4 nitrogen and oxygen atoms in total. The van der Waals surface area contributed by atoms with Gasteiger partial charge >= 0.3 is 0 Å². The molecule has 0 atom stereocenters. The van der Waals surface area contributed by atoms with Crippen molar-refractivity contribution in [1.82, 2.24) is 4.98 Å². The lowest BCUT2D eigenvalue weighted by atomic mass is 10.1. The maximum absolute atomic E-state index is 12.2. The van der Waals surface area contributed by atoms with Gasteiger partial charge in [0.1, 0.15) is 5.75 Å². The maximum Gasteiger partial charge on any atom is 0.261 e. The molecule has 0 radical (unpaired) electrons. The zero-order valence-corrected chi connectivity index (χ0v) is 11.6. The molecule has 0 aliphatic heterocycles. The van der Waals surface area contributed by atoms with Crippen LogP contribution in [0.3, 0.4) is 0 Å². The third kappa shape index (κ3) is 2.35. The molecule has 0 saturated heterocycles. The molecular weight excluding hydrogens is 272 g/mol. The molecule has 2 aromatic carbocycles. The first-order chi connectivity index (χ1) is 9.63. The van der Waals surface area contributed by atoms with E-state index in [0.29, 0.717) is 5.13 Å². The molecule has 0 fully saturated rings. The van der Waals surface area contributed by atoms with Crippen LogP contribution >= 0.6 is 11.3 Å². The van der Waals surface area contributed by atoms with Crippen LogP contribution in [0.2, 0.25) is 0 Å². The Morgan fingerprint density at radius 1 is 1.25 bits per heavy atom. The van der Waals surface area contributed by atoms with Crippen LogP contribution in [-0.2, 0) is 0 Å². The number of nitrogens with one attached hydrogen (secondary N) is 1. The average molecular weight is 284 g/mol. The normalized spacial score (nSPS) is 10.7. The monoisotopic (exact) mass is 284 g/mol. The Balaban J connectivity index is 1.90. The van der Waals surface area contributed by atoms with Crippen molar-refractivity contribution in [3.05, 3.63) is 53.6 Å². The Labute approximate surface area is 119 Å². The standard InChI is InChI=1S/C15H12N2O2S/c1-9-6-7-12(18)10(8-9)14(19)17-15-16-11-4-2-3-5-13(11)20-15/h2-8,18H,1H3,(H,16,17,19). The molecule has 1 heterocycles. The van der Waals surface area contributed by atoms with Crippen molar-refractivity contribution in [2.75, 3.05) is 5.32 Å². The number of benzene rings is 2. The van der Waals surface area contributed by atoms with Gasteiger partial charge in [-0.2, -0.15) is 0 Å². The zero-order chi connectivity index (χ0) is 14.1. The highest BCUT2D eigenvalue weighted by Gasteiger charge is 2.13. The lowest BCUT2D eigenvalue weighted by Crippen LogP contribution is -2.12. The van der Waals surface area contributed by atoms with E-state index in [2.05, 4.69) is 10.3 Å². The summed E-state index contributed by atoms with van der Waals surface area (Å²) in [4.78, 5) is 16.5. The Kier molecular flexibility index (Phi) is 3.12. The molecule has 0 aliphatic rings. The molecule has 5 heteroatoms. The van der Waals surface area contributed by atoms with Crippen LogP contribution in [0.25, 0.3) is 10.2 Å². The number of para-hydroxylation sites is 1. The predicted octanol–water partition coefficient (Wildman–Crippen LogP) is 3.56. The first kappa shape index (κ1) is 12.6. The van der Waals surface area contributed by atoms with Crippen LogP contribution in [0, 0.1) is 6.92 Å². The first-order valence-corrected chi connectivity index (χ1v) is 6.92. The summed E-state index contributed by atoms with van der Waals surface area (Å²) < 4.78 is 1.01. The van der Waals surface area contributed by atoms with Gasteiger partial charge in [0.15, 0.2) is 5.13 Å². The van der Waals surface area contributed by atoms with Gasteiger partial charge in [0.25, 0.3) is 5.91 Å². The summed E-state index contributed by atoms with van der Waals surface area (Å²) in [5, 5.41) is 13.0. The second kappa shape index (κ2) is 4.94. The number of carbonyl (C=O) groups is 1. The van der Waals surface area contributed by atoms with Crippen molar-refractivity contribution in [1.29, 1.82) is 0 Å².